The molecule has 0 aliphatic heterocycles. The monoisotopic (exact) mass is 349 g/mol. The zero-order chi connectivity index (χ0) is 18.5. The maximum Gasteiger partial charge on any atom is 0.119 e. The van der Waals surface area contributed by atoms with Crippen LogP contribution >= 0.6 is 0 Å². The van der Waals surface area contributed by atoms with Crippen molar-refractivity contribution in [3.8, 4) is 11.4 Å². The standard InChI is InChI=1S/C22H27N3O/c1-5-18-6-8-19(9-7-18)14-23-16(2)22-15-24-25(17(22)3)20-10-12-21(26-4)13-11-20/h6-13,15-16,23H,5,14H2,1-4H3. The highest BCUT2D eigenvalue weighted by Gasteiger charge is 2.14. The van der Waals surface area contributed by atoms with E-state index in [2.05, 4.69) is 55.5 Å². The Kier molecular flexibility index (Phi) is 5.74. The van der Waals surface area contributed by atoms with Gasteiger partial charge >= 0.3 is 0 Å². The van der Waals surface area contributed by atoms with Crippen molar-refractivity contribution >= 4 is 0 Å². The maximum absolute atomic E-state index is 5.23. The molecule has 0 bridgehead atoms. The second-order valence-electron chi connectivity index (χ2n) is 6.57. The van der Waals surface area contributed by atoms with Gasteiger partial charge in [-0.25, -0.2) is 4.68 Å². The van der Waals surface area contributed by atoms with Crippen LogP contribution in [0.1, 0.15) is 42.3 Å². The van der Waals surface area contributed by atoms with Gasteiger partial charge in [-0.05, 0) is 55.7 Å². The average molecular weight is 349 g/mol. The van der Waals surface area contributed by atoms with Crippen LogP contribution in [0.4, 0.5) is 0 Å². The molecule has 0 amide bonds. The van der Waals surface area contributed by atoms with Crippen LogP contribution in [-0.2, 0) is 13.0 Å². The third-order valence-corrected chi connectivity index (χ3v) is 4.87. The Morgan fingerprint density at radius 2 is 1.69 bits per heavy atom. The van der Waals surface area contributed by atoms with Crippen molar-refractivity contribution in [2.45, 2.75) is 39.8 Å². The van der Waals surface area contributed by atoms with Crippen molar-refractivity contribution < 1.29 is 4.74 Å². The lowest BCUT2D eigenvalue weighted by atomic mass is 10.1. The second kappa shape index (κ2) is 8.19. The number of hydrogen-bond donors (Lipinski definition) is 1. The van der Waals surface area contributed by atoms with Crippen LogP contribution in [-0.4, -0.2) is 16.9 Å². The molecule has 2 aromatic carbocycles. The van der Waals surface area contributed by atoms with Crippen LogP contribution in [0.15, 0.2) is 54.7 Å². The Labute approximate surface area is 155 Å². The number of hydrogen-bond acceptors (Lipinski definition) is 3. The number of aromatic nitrogens is 2. The Hall–Kier alpha value is -2.59. The summed E-state index contributed by atoms with van der Waals surface area (Å²) in [5.74, 6) is 0.850. The first-order valence-corrected chi connectivity index (χ1v) is 9.12. The minimum absolute atomic E-state index is 0.229. The fraction of sp³-hybridized carbons (Fsp3) is 0.318. The predicted octanol–water partition coefficient (Wildman–Crippen LogP) is 4.60. The van der Waals surface area contributed by atoms with Crippen molar-refractivity contribution in [3.05, 3.63) is 77.1 Å². The first kappa shape index (κ1) is 18.2. The zero-order valence-electron chi connectivity index (χ0n) is 16.0. The van der Waals surface area contributed by atoms with Gasteiger partial charge in [-0.15, -0.1) is 0 Å². The maximum atomic E-state index is 5.23. The number of ether oxygens (including phenoxy) is 1. The summed E-state index contributed by atoms with van der Waals surface area (Å²) in [5, 5.41) is 8.18. The Balaban J connectivity index is 1.69. The molecule has 0 saturated carbocycles. The predicted molar refractivity (Wildman–Crippen MR) is 106 cm³/mol. The highest BCUT2D eigenvalue weighted by molar-refractivity contribution is 5.39. The molecular formula is C22H27N3O. The number of aryl methyl sites for hydroxylation is 1. The van der Waals surface area contributed by atoms with Crippen LogP contribution in [0, 0.1) is 6.92 Å². The van der Waals surface area contributed by atoms with Crippen LogP contribution < -0.4 is 10.1 Å². The number of nitrogens with zero attached hydrogens (tertiary/aromatic N) is 2. The number of nitrogens with one attached hydrogen (secondary N) is 1. The van der Waals surface area contributed by atoms with Crippen molar-refractivity contribution in [3.63, 3.8) is 0 Å². The van der Waals surface area contributed by atoms with Gasteiger partial charge in [0.1, 0.15) is 5.75 Å². The summed E-state index contributed by atoms with van der Waals surface area (Å²) in [6.45, 7) is 7.32. The molecule has 4 heteroatoms. The van der Waals surface area contributed by atoms with Crippen molar-refractivity contribution in [2.75, 3.05) is 7.11 Å². The van der Waals surface area contributed by atoms with Crippen LogP contribution in [0.2, 0.25) is 0 Å². The molecule has 4 nitrogen and oxygen atoms in total. The summed E-state index contributed by atoms with van der Waals surface area (Å²) in [5.41, 5.74) is 6.08. The van der Waals surface area contributed by atoms with Crippen LogP contribution in [0.25, 0.3) is 5.69 Å². The average Bonchev–Trinajstić information content (AvgIpc) is 3.08. The second-order valence-corrected chi connectivity index (χ2v) is 6.57. The molecule has 1 aromatic heterocycles. The van der Waals surface area contributed by atoms with E-state index in [4.69, 9.17) is 4.74 Å². The van der Waals surface area contributed by atoms with Gasteiger partial charge in [0.05, 0.1) is 19.0 Å². The lowest BCUT2D eigenvalue weighted by Gasteiger charge is -2.14. The largest absolute Gasteiger partial charge is 0.497 e. The smallest absolute Gasteiger partial charge is 0.119 e. The van der Waals surface area contributed by atoms with Crippen molar-refractivity contribution in [1.29, 1.82) is 0 Å². The minimum atomic E-state index is 0.229. The van der Waals surface area contributed by atoms with Gasteiger partial charge in [0.15, 0.2) is 0 Å². The van der Waals surface area contributed by atoms with Gasteiger partial charge in [-0.3, -0.25) is 0 Å². The molecule has 0 aliphatic rings. The molecule has 3 aromatic rings. The van der Waals surface area contributed by atoms with E-state index < -0.39 is 0 Å². The van der Waals surface area contributed by atoms with Gasteiger partial charge in [0.2, 0.25) is 0 Å². The summed E-state index contributed by atoms with van der Waals surface area (Å²) >= 11 is 0. The summed E-state index contributed by atoms with van der Waals surface area (Å²) in [4.78, 5) is 0. The van der Waals surface area contributed by atoms with E-state index in [9.17, 15) is 0 Å². The fourth-order valence-electron chi connectivity index (χ4n) is 3.10. The highest BCUT2D eigenvalue weighted by Crippen LogP contribution is 2.22. The molecule has 0 saturated heterocycles. The molecule has 1 atom stereocenters. The molecule has 136 valence electrons. The molecule has 0 spiro atoms. The van der Waals surface area contributed by atoms with Crippen molar-refractivity contribution in [1.82, 2.24) is 15.1 Å². The third kappa shape index (κ3) is 3.97. The van der Waals surface area contributed by atoms with Gasteiger partial charge in [0.25, 0.3) is 0 Å². The molecule has 1 N–H and O–H groups in total. The molecule has 1 unspecified atom stereocenters. The first-order chi connectivity index (χ1) is 12.6. The number of benzene rings is 2. The van der Waals surface area contributed by atoms with Gasteiger partial charge in [-0.2, -0.15) is 5.10 Å². The summed E-state index contributed by atoms with van der Waals surface area (Å²) in [7, 11) is 1.68. The fourth-order valence-corrected chi connectivity index (χ4v) is 3.10. The van der Waals surface area contributed by atoms with E-state index in [1.54, 1.807) is 7.11 Å². The molecule has 0 aliphatic carbocycles. The van der Waals surface area contributed by atoms with Gasteiger partial charge in [0, 0.05) is 23.8 Å². The topological polar surface area (TPSA) is 39.1 Å². The Morgan fingerprint density at radius 3 is 2.31 bits per heavy atom. The van der Waals surface area contributed by atoms with E-state index >= 15 is 0 Å². The van der Waals surface area contributed by atoms with Gasteiger partial charge < -0.3 is 10.1 Å². The SMILES string of the molecule is CCc1ccc(CNC(C)c2cnn(-c3ccc(OC)cc3)c2C)cc1. The molecule has 3 rings (SSSR count). The van der Waals surface area contributed by atoms with E-state index in [-0.39, 0.29) is 6.04 Å². The molecular weight excluding hydrogens is 322 g/mol. The summed E-state index contributed by atoms with van der Waals surface area (Å²) < 4.78 is 7.20. The Morgan fingerprint density at radius 1 is 1.04 bits per heavy atom. The van der Waals surface area contributed by atoms with Crippen LogP contribution in [0.3, 0.4) is 0 Å². The molecule has 0 fully saturated rings. The van der Waals surface area contributed by atoms with Gasteiger partial charge in [-0.1, -0.05) is 31.2 Å². The van der Waals surface area contributed by atoms with Crippen LogP contribution in [0.5, 0.6) is 5.75 Å². The minimum Gasteiger partial charge on any atom is -0.497 e. The summed E-state index contributed by atoms with van der Waals surface area (Å²) in [6.07, 6.45) is 3.03. The lowest BCUT2D eigenvalue weighted by Crippen LogP contribution is -2.18. The van der Waals surface area contributed by atoms with E-state index in [0.29, 0.717) is 0 Å². The molecule has 26 heavy (non-hydrogen) atoms. The zero-order valence-corrected chi connectivity index (χ0v) is 16.0. The molecule has 1 heterocycles. The quantitative estimate of drug-likeness (QED) is 0.677. The van der Waals surface area contributed by atoms with E-state index in [0.717, 1.165) is 30.1 Å². The van der Waals surface area contributed by atoms with Crippen molar-refractivity contribution in [2.24, 2.45) is 0 Å². The normalized spacial score (nSPS) is 12.2. The lowest BCUT2D eigenvalue weighted by molar-refractivity contribution is 0.414. The highest BCUT2D eigenvalue weighted by atomic mass is 16.5. The van der Waals surface area contributed by atoms with E-state index in [1.807, 2.05) is 35.1 Å². The number of methoxy groups -OCH3 is 1. The van der Waals surface area contributed by atoms with E-state index in [1.165, 1.54) is 16.7 Å². The first-order valence-electron chi connectivity index (χ1n) is 9.12. The summed E-state index contributed by atoms with van der Waals surface area (Å²) in [6, 6.07) is 17.0. The third-order valence-electron chi connectivity index (χ3n) is 4.87. The number of rotatable bonds is 7. The molecule has 0 radical (unpaired) electrons. The Bertz CT molecular complexity index is 835.